The molecule has 0 saturated carbocycles. The van der Waals surface area contributed by atoms with Gasteiger partial charge in [0, 0.05) is 30.4 Å². The largest absolute Gasteiger partial charge is 0.481 e. The maximum Gasteiger partial charge on any atom is 0.308 e. The van der Waals surface area contributed by atoms with E-state index in [-0.39, 0.29) is 11.7 Å². The molecule has 1 aromatic heterocycles. The summed E-state index contributed by atoms with van der Waals surface area (Å²) in [6.45, 7) is 3.11. The molecule has 3 rings (SSSR count). The van der Waals surface area contributed by atoms with Crippen LogP contribution in [-0.4, -0.2) is 34.1 Å². The van der Waals surface area contributed by atoms with E-state index in [1.807, 2.05) is 17.9 Å². The number of carbonyl (C=O) groups is 1. The number of benzene rings is 1. The molecular weight excluding hydrogens is 297 g/mol. The molecule has 0 amide bonds. The number of rotatable bonds is 3. The van der Waals surface area contributed by atoms with Gasteiger partial charge in [-0.05, 0) is 44.0 Å². The van der Waals surface area contributed by atoms with Gasteiger partial charge in [0.05, 0.1) is 5.92 Å². The van der Waals surface area contributed by atoms with Gasteiger partial charge in [-0.25, -0.2) is 14.4 Å². The number of aromatic nitrogens is 2. The van der Waals surface area contributed by atoms with Crippen molar-refractivity contribution in [2.45, 2.75) is 19.8 Å². The van der Waals surface area contributed by atoms with Crippen LogP contribution in [0.3, 0.4) is 0 Å². The SMILES string of the molecule is Cc1cc(N2CCCC(C(=O)O)C2)nc(-c2ccc(F)cc2)n1. The number of hydrogen-bond acceptors (Lipinski definition) is 4. The normalized spacial score (nSPS) is 18.0. The third kappa shape index (κ3) is 3.47. The van der Waals surface area contributed by atoms with Crippen LogP contribution >= 0.6 is 0 Å². The lowest BCUT2D eigenvalue weighted by Crippen LogP contribution is -2.39. The summed E-state index contributed by atoms with van der Waals surface area (Å²) in [5.41, 5.74) is 1.54. The average molecular weight is 315 g/mol. The Labute approximate surface area is 133 Å². The molecule has 6 heteroatoms. The zero-order valence-electron chi connectivity index (χ0n) is 12.9. The van der Waals surface area contributed by atoms with Gasteiger partial charge >= 0.3 is 5.97 Å². The molecule has 1 N–H and O–H groups in total. The summed E-state index contributed by atoms with van der Waals surface area (Å²) in [5.74, 6) is -0.185. The quantitative estimate of drug-likeness (QED) is 0.943. The van der Waals surface area contributed by atoms with E-state index < -0.39 is 5.97 Å². The number of hydrogen-bond donors (Lipinski definition) is 1. The fourth-order valence-electron chi connectivity index (χ4n) is 2.83. The number of carboxylic acid groups (broad SMARTS) is 1. The monoisotopic (exact) mass is 315 g/mol. The predicted octanol–water partition coefficient (Wildman–Crippen LogP) is 2.89. The van der Waals surface area contributed by atoms with Crippen molar-refractivity contribution in [2.24, 2.45) is 5.92 Å². The molecule has 0 spiro atoms. The summed E-state index contributed by atoms with van der Waals surface area (Å²) in [7, 11) is 0. The summed E-state index contributed by atoms with van der Waals surface area (Å²) < 4.78 is 13.1. The molecule has 1 atom stereocenters. The highest BCUT2D eigenvalue weighted by Gasteiger charge is 2.26. The van der Waals surface area contributed by atoms with E-state index in [1.165, 1.54) is 12.1 Å². The minimum absolute atomic E-state index is 0.304. The van der Waals surface area contributed by atoms with Crippen molar-refractivity contribution in [3.8, 4) is 11.4 Å². The highest BCUT2D eigenvalue weighted by atomic mass is 19.1. The molecule has 2 aromatic rings. The molecule has 2 heterocycles. The number of halogens is 1. The zero-order valence-corrected chi connectivity index (χ0v) is 12.9. The second kappa shape index (κ2) is 6.32. The molecule has 23 heavy (non-hydrogen) atoms. The van der Waals surface area contributed by atoms with Gasteiger partial charge in [0.1, 0.15) is 11.6 Å². The number of piperidine rings is 1. The fourth-order valence-corrected chi connectivity index (χ4v) is 2.83. The number of anilines is 1. The molecule has 0 bridgehead atoms. The van der Waals surface area contributed by atoms with E-state index >= 15 is 0 Å². The topological polar surface area (TPSA) is 66.3 Å². The smallest absolute Gasteiger partial charge is 0.308 e. The Morgan fingerprint density at radius 2 is 2.04 bits per heavy atom. The van der Waals surface area contributed by atoms with Gasteiger partial charge in [-0.15, -0.1) is 0 Å². The first-order valence-electron chi connectivity index (χ1n) is 7.62. The van der Waals surface area contributed by atoms with E-state index in [2.05, 4.69) is 9.97 Å². The Morgan fingerprint density at radius 3 is 2.74 bits per heavy atom. The predicted molar refractivity (Wildman–Crippen MR) is 84.7 cm³/mol. The van der Waals surface area contributed by atoms with Crippen LogP contribution in [0, 0.1) is 18.7 Å². The Bertz CT molecular complexity index is 718. The van der Waals surface area contributed by atoms with Crippen LogP contribution in [0.15, 0.2) is 30.3 Å². The first-order chi connectivity index (χ1) is 11.0. The van der Waals surface area contributed by atoms with Gasteiger partial charge in [-0.2, -0.15) is 0 Å². The maximum atomic E-state index is 13.1. The van der Waals surface area contributed by atoms with Crippen molar-refractivity contribution < 1.29 is 14.3 Å². The molecular formula is C17H18FN3O2. The lowest BCUT2D eigenvalue weighted by Gasteiger charge is -2.31. The summed E-state index contributed by atoms with van der Waals surface area (Å²) in [5, 5.41) is 9.22. The lowest BCUT2D eigenvalue weighted by atomic mass is 9.98. The Hall–Kier alpha value is -2.50. The number of aryl methyl sites for hydroxylation is 1. The number of aliphatic carboxylic acids is 1. The lowest BCUT2D eigenvalue weighted by molar-refractivity contribution is -0.141. The summed E-state index contributed by atoms with van der Waals surface area (Å²) in [4.78, 5) is 22.2. The van der Waals surface area contributed by atoms with Gasteiger partial charge in [0.2, 0.25) is 0 Å². The maximum absolute atomic E-state index is 13.1. The molecule has 1 aliphatic heterocycles. The van der Waals surface area contributed by atoms with E-state index in [0.29, 0.717) is 18.8 Å². The molecule has 0 radical (unpaired) electrons. The van der Waals surface area contributed by atoms with Crippen molar-refractivity contribution in [3.05, 3.63) is 41.8 Å². The molecule has 1 aromatic carbocycles. The van der Waals surface area contributed by atoms with Gasteiger partial charge in [-0.1, -0.05) is 0 Å². The van der Waals surface area contributed by atoms with Crippen LogP contribution in [0.5, 0.6) is 0 Å². The minimum atomic E-state index is -0.765. The molecule has 5 nitrogen and oxygen atoms in total. The van der Waals surface area contributed by atoms with Gasteiger partial charge in [0.25, 0.3) is 0 Å². The van der Waals surface area contributed by atoms with Crippen molar-refractivity contribution in [2.75, 3.05) is 18.0 Å². The first-order valence-corrected chi connectivity index (χ1v) is 7.62. The second-order valence-corrected chi connectivity index (χ2v) is 5.82. The van der Waals surface area contributed by atoms with E-state index in [4.69, 9.17) is 0 Å². The first kappa shape index (κ1) is 15.4. The molecule has 0 aliphatic carbocycles. The Balaban J connectivity index is 1.91. The minimum Gasteiger partial charge on any atom is -0.481 e. The Kier molecular flexibility index (Phi) is 4.23. The molecule has 120 valence electrons. The van der Waals surface area contributed by atoms with Crippen LogP contribution in [0.1, 0.15) is 18.5 Å². The summed E-state index contributed by atoms with van der Waals surface area (Å²) in [6, 6.07) is 7.90. The van der Waals surface area contributed by atoms with E-state index in [9.17, 15) is 14.3 Å². The van der Waals surface area contributed by atoms with Crippen molar-refractivity contribution in [1.82, 2.24) is 9.97 Å². The van der Waals surface area contributed by atoms with Crippen LogP contribution in [0.4, 0.5) is 10.2 Å². The van der Waals surface area contributed by atoms with Gasteiger partial charge in [-0.3, -0.25) is 4.79 Å². The van der Waals surface area contributed by atoms with Crippen LogP contribution < -0.4 is 4.90 Å². The Morgan fingerprint density at radius 1 is 1.30 bits per heavy atom. The number of carboxylic acids is 1. The van der Waals surface area contributed by atoms with Crippen molar-refractivity contribution in [1.29, 1.82) is 0 Å². The van der Waals surface area contributed by atoms with Crippen molar-refractivity contribution in [3.63, 3.8) is 0 Å². The average Bonchev–Trinajstić information content (AvgIpc) is 2.55. The zero-order chi connectivity index (χ0) is 16.4. The standard InChI is InChI=1S/C17H18FN3O2/c1-11-9-15(21-8-2-3-13(10-21)17(22)23)20-16(19-11)12-4-6-14(18)7-5-12/h4-7,9,13H,2-3,8,10H2,1H3,(H,22,23). The van der Waals surface area contributed by atoms with Gasteiger partial charge < -0.3 is 10.0 Å². The highest BCUT2D eigenvalue weighted by molar-refractivity contribution is 5.71. The van der Waals surface area contributed by atoms with E-state index in [0.717, 1.165) is 30.0 Å². The van der Waals surface area contributed by atoms with Gasteiger partial charge in [0.15, 0.2) is 5.82 Å². The molecule has 1 aliphatic rings. The third-order valence-electron chi connectivity index (χ3n) is 4.04. The van der Waals surface area contributed by atoms with Crippen LogP contribution in [0.2, 0.25) is 0 Å². The summed E-state index contributed by atoms with van der Waals surface area (Å²) in [6.07, 6.45) is 1.52. The second-order valence-electron chi connectivity index (χ2n) is 5.82. The highest BCUT2D eigenvalue weighted by Crippen LogP contribution is 2.25. The molecule has 1 unspecified atom stereocenters. The van der Waals surface area contributed by atoms with E-state index in [1.54, 1.807) is 12.1 Å². The third-order valence-corrected chi connectivity index (χ3v) is 4.04. The fraction of sp³-hybridized carbons (Fsp3) is 0.353. The number of nitrogens with zero attached hydrogens (tertiary/aromatic N) is 3. The summed E-state index contributed by atoms with van der Waals surface area (Å²) >= 11 is 0. The van der Waals surface area contributed by atoms with Crippen LogP contribution in [-0.2, 0) is 4.79 Å². The van der Waals surface area contributed by atoms with Crippen molar-refractivity contribution >= 4 is 11.8 Å². The molecule has 1 saturated heterocycles. The molecule has 1 fully saturated rings. The van der Waals surface area contributed by atoms with Crippen LogP contribution in [0.25, 0.3) is 11.4 Å².